The minimum atomic E-state index is -0.449. The molecule has 5 heterocycles. The van der Waals surface area contributed by atoms with Crippen molar-refractivity contribution >= 4 is 17.1 Å². The van der Waals surface area contributed by atoms with Crippen LogP contribution in [0, 0.1) is 11.6 Å². The van der Waals surface area contributed by atoms with Crippen LogP contribution in [0.15, 0.2) is 55.1 Å². The average Bonchev–Trinajstić information content (AvgIpc) is 3.61. The van der Waals surface area contributed by atoms with E-state index >= 15 is 0 Å². The molecule has 0 N–H and O–H groups in total. The number of aromatic nitrogens is 5. The Morgan fingerprint density at radius 1 is 1.00 bits per heavy atom. The van der Waals surface area contributed by atoms with E-state index in [1.165, 1.54) is 12.1 Å². The summed E-state index contributed by atoms with van der Waals surface area (Å²) in [7, 11) is 3.16. The first-order valence-corrected chi connectivity index (χ1v) is 11.2. The Hall–Kier alpha value is -4.21. The van der Waals surface area contributed by atoms with Crippen molar-refractivity contribution in [2.75, 3.05) is 25.7 Å². The molecule has 1 aliphatic rings. The third-order valence-corrected chi connectivity index (χ3v) is 6.45. The molecule has 178 valence electrons. The second-order valence-corrected chi connectivity index (χ2v) is 8.43. The molecule has 0 saturated carbocycles. The highest BCUT2D eigenvalue weighted by molar-refractivity contribution is 5.77. The summed E-state index contributed by atoms with van der Waals surface area (Å²) in [6, 6.07) is 6.96. The molecular formula is C25H22F2N6O2. The number of hydrogen-bond acceptors (Lipinski definition) is 6. The second kappa shape index (κ2) is 8.23. The van der Waals surface area contributed by atoms with E-state index in [0.29, 0.717) is 46.4 Å². The third kappa shape index (κ3) is 3.52. The summed E-state index contributed by atoms with van der Waals surface area (Å²) in [5.41, 5.74) is 3.10. The van der Waals surface area contributed by atoms with Gasteiger partial charge in [-0.05, 0) is 37.1 Å². The van der Waals surface area contributed by atoms with E-state index < -0.39 is 11.6 Å². The van der Waals surface area contributed by atoms with E-state index in [1.54, 1.807) is 37.2 Å². The maximum atomic E-state index is 14.6. The highest BCUT2D eigenvalue weighted by Gasteiger charge is 2.30. The maximum Gasteiger partial charge on any atom is 0.177 e. The highest BCUT2D eigenvalue weighted by Crippen LogP contribution is 2.37. The van der Waals surface area contributed by atoms with E-state index in [-0.39, 0.29) is 6.04 Å². The van der Waals surface area contributed by atoms with Gasteiger partial charge in [-0.25, -0.2) is 23.3 Å². The van der Waals surface area contributed by atoms with Crippen LogP contribution in [0.4, 0.5) is 14.6 Å². The molecule has 1 aliphatic heterocycles. The minimum Gasteiger partial charge on any atom is -0.493 e. The number of benzene rings is 1. The Morgan fingerprint density at radius 3 is 2.69 bits per heavy atom. The van der Waals surface area contributed by atoms with Crippen LogP contribution < -0.4 is 14.4 Å². The monoisotopic (exact) mass is 476 g/mol. The van der Waals surface area contributed by atoms with E-state index in [1.807, 2.05) is 27.8 Å². The van der Waals surface area contributed by atoms with Gasteiger partial charge in [-0.2, -0.15) is 5.10 Å². The molecule has 4 aromatic heterocycles. The molecular weight excluding hydrogens is 454 g/mol. The first-order chi connectivity index (χ1) is 17.1. The molecule has 1 fully saturated rings. The van der Waals surface area contributed by atoms with Crippen LogP contribution in [-0.4, -0.2) is 44.7 Å². The van der Waals surface area contributed by atoms with Crippen LogP contribution in [0.5, 0.6) is 11.5 Å². The van der Waals surface area contributed by atoms with E-state index in [2.05, 4.69) is 5.10 Å². The van der Waals surface area contributed by atoms with Crippen LogP contribution in [0.1, 0.15) is 24.4 Å². The van der Waals surface area contributed by atoms with E-state index in [4.69, 9.17) is 19.4 Å². The molecule has 0 aliphatic carbocycles. The molecule has 0 spiro atoms. The smallest absolute Gasteiger partial charge is 0.177 e. The zero-order chi connectivity index (χ0) is 24.1. The molecule has 1 unspecified atom stereocenters. The van der Waals surface area contributed by atoms with Crippen LogP contribution in [0.2, 0.25) is 0 Å². The highest BCUT2D eigenvalue weighted by atomic mass is 19.1. The second-order valence-electron chi connectivity index (χ2n) is 8.43. The van der Waals surface area contributed by atoms with Crippen molar-refractivity contribution in [2.24, 2.45) is 0 Å². The fourth-order valence-electron chi connectivity index (χ4n) is 4.77. The largest absolute Gasteiger partial charge is 0.493 e. The first-order valence-electron chi connectivity index (χ1n) is 11.2. The van der Waals surface area contributed by atoms with Crippen molar-refractivity contribution in [2.45, 2.75) is 18.9 Å². The van der Waals surface area contributed by atoms with E-state index in [9.17, 15) is 8.78 Å². The van der Waals surface area contributed by atoms with Gasteiger partial charge in [0.25, 0.3) is 0 Å². The summed E-state index contributed by atoms with van der Waals surface area (Å²) < 4.78 is 42.7. The van der Waals surface area contributed by atoms with Crippen LogP contribution in [-0.2, 0) is 0 Å². The lowest BCUT2D eigenvalue weighted by Crippen LogP contribution is -2.24. The Morgan fingerprint density at radius 2 is 1.86 bits per heavy atom. The van der Waals surface area contributed by atoms with Gasteiger partial charge in [0.1, 0.15) is 23.1 Å². The van der Waals surface area contributed by atoms with Gasteiger partial charge in [0.05, 0.1) is 43.9 Å². The number of methoxy groups -OCH3 is 2. The Balaban J connectivity index is 1.42. The quantitative estimate of drug-likeness (QED) is 0.367. The number of imidazole rings is 1. The summed E-state index contributed by atoms with van der Waals surface area (Å²) in [6.45, 7) is 0.696. The Kier molecular flexibility index (Phi) is 5.01. The van der Waals surface area contributed by atoms with Gasteiger partial charge in [0, 0.05) is 30.6 Å². The molecule has 1 atom stereocenters. The summed E-state index contributed by atoms with van der Waals surface area (Å²) in [4.78, 5) is 11.6. The van der Waals surface area contributed by atoms with Gasteiger partial charge in [-0.1, -0.05) is 0 Å². The fraction of sp³-hybridized carbons (Fsp3) is 0.240. The molecule has 35 heavy (non-hydrogen) atoms. The third-order valence-electron chi connectivity index (χ3n) is 6.45. The van der Waals surface area contributed by atoms with Crippen molar-refractivity contribution in [1.82, 2.24) is 24.0 Å². The van der Waals surface area contributed by atoms with Crippen LogP contribution in [0.25, 0.3) is 22.6 Å². The van der Waals surface area contributed by atoms with Crippen molar-refractivity contribution in [3.63, 3.8) is 0 Å². The number of rotatable bonds is 5. The van der Waals surface area contributed by atoms with Crippen molar-refractivity contribution < 1.29 is 18.3 Å². The molecule has 10 heteroatoms. The maximum absolute atomic E-state index is 14.6. The summed E-state index contributed by atoms with van der Waals surface area (Å²) in [5, 5.41) is 4.43. The minimum absolute atomic E-state index is 0.290. The summed E-state index contributed by atoms with van der Waals surface area (Å²) >= 11 is 0. The standard InChI is InChI=1S/C25H22F2N6O2/c1-34-21-11-24-29-19(13-31(24)14-22(21)35-2)17-12-28-33-9-7-23(30-25(17)33)32-8-3-4-20(32)16-10-15(26)5-6-18(16)27/h5-7,9-14,20H,3-4,8H2,1-2H3. The molecule has 0 amide bonds. The zero-order valence-electron chi connectivity index (χ0n) is 19.2. The summed E-state index contributed by atoms with van der Waals surface area (Å²) in [5.74, 6) is 0.994. The lowest BCUT2D eigenvalue weighted by Gasteiger charge is -2.26. The fourth-order valence-corrected chi connectivity index (χ4v) is 4.77. The number of halogens is 2. The molecule has 0 radical (unpaired) electrons. The number of fused-ring (bicyclic) bond motifs is 2. The average molecular weight is 476 g/mol. The zero-order valence-corrected chi connectivity index (χ0v) is 19.2. The van der Waals surface area contributed by atoms with E-state index in [0.717, 1.165) is 24.5 Å². The number of ether oxygens (including phenoxy) is 2. The number of nitrogens with zero attached hydrogens (tertiary/aromatic N) is 6. The van der Waals surface area contributed by atoms with Crippen LogP contribution in [0.3, 0.4) is 0 Å². The Labute approximate surface area is 199 Å². The number of hydrogen-bond donors (Lipinski definition) is 0. The first kappa shape index (κ1) is 21.3. The van der Waals surface area contributed by atoms with Crippen LogP contribution >= 0.6 is 0 Å². The van der Waals surface area contributed by atoms with Gasteiger partial charge in [0.15, 0.2) is 17.1 Å². The lowest BCUT2D eigenvalue weighted by molar-refractivity contribution is 0.353. The molecule has 8 nitrogen and oxygen atoms in total. The SMILES string of the molecule is COc1cc2nc(-c3cnn4ccc(N5CCCC5c5cc(F)ccc5F)nc34)cn2cc1OC. The molecule has 1 saturated heterocycles. The van der Waals surface area contributed by atoms with Crippen molar-refractivity contribution in [1.29, 1.82) is 0 Å². The molecule has 5 aromatic rings. The van der Waals surface area contributed by atoms with Gasteiger partial charge >= 0.3 is 0 Å². The predicted molar refractivity (Wildman–Crippen MR) is 126 cm³/mol. The predicted octanol–water partition coefficient (Wildman–Crippen LogP) is 4.68. The molecule has 1 aromatic carbocycles. The molecule has 0 bridgehead atoms. The molecule has 6 rings (SSSR count). The normalized spacial score (nSPS) is 15.9. The van der Waals surface area contributed by atoms with Crippen molar-refractivity contribution in [3.8, 4) is 22.8 Å². The van der Waals surface area contributed by atoms with Gasteiger partial charge in [0.2, 0.25) is 0 Å². The topological polar surface area (TPSA) is 69.2 Å². The van der Waals surface area contributed by atoms with Gasteiger partial charge in [-0.15, -0.1) is 0 Å². The number of anilines is 1. The van der Waals surface area contributed by atoms with Crippen molar-refractivity contribution in [3.05, 3.63) is 72.3 Å². The Bertz CT molecular complexity index is 1520. The van der Waals surface area contributed by atoms with Gasteiger partial charge in [-0.3, -0.25) is 0 Å². The summed E-state index contributed by atoms with van der Waals surface area (Å²) in [6.07, 6.45) is 8.79. The lowest BCUT2D eigenvalue weighted by atomic mass is 10.0. The number of pyridine rings is 1. The van der Waals surface area contributed by atoms with Gasteiger partial charge < -0.3 is 18.8 Å².